The first-order chi connectivity index (χ1) is 39.9. The van der Waals surface area contributed by atoms with Crippen LogP contribution < -0.4 is 43.8 Å². The third kappa shape index (κ3) is 19.8. The number of phenols is 1. The molecule has 0 aliphatic heterocycles. The van der Waals surface area contributed by atoms with Gasteiger partial charge in [-0.15, -0.1) is 0 Å². The molecule has 0 unspecified atom stereocenters. The van der Waals surface area contributed by atoms with Crippen LogP contribution in [-0.4, -0.2) is 17.5 Å². The Kier molecular flexibility index (Phi) is 25.3. The van der Waals surface area contributed by atoms with Gasteiger partial charge < -0.3 is 20.7 Å². The van der Waals surface area contributed by atoms with E-state index in [9.17, 15) is 79.0 Å². The Hall–Kier alpha value is -5.97. The Morgan fingerprint density at radius 3 is 1.08 bits per heavy atom. The van der Waals surface area contributed by atoms with Crippen molar-refractivity contribution >= 4 is 11.6 Å². The topological polar surface area (TPSA) is 47.9 Å². The van der Waals surface area contributed by atoms with Crippen molar-refractivity contribution in [1.29, 1.82) is 0 Å². The summed E-state index contributed by atoms with van der Waals surface area (Å²) >= 11 is 4.59. The van der Waals surface area contributed by atoms with Crippen molar-refractivity contribution in [3.63, 3.8) is 0 Å². The largest absolute Gasteiger partial charge is 1.00 e. The molecule has 86 heavy (non-hydrogen) atoms. The maximum absolute atomic E-state index is 14.9. The van der Waals surface area contributed by atoms with E-state index >= 15 is 0 Å². The zero-order chi connectivity index (χ0) is 62.6. The second-order valence-corrected chi connectivity index (χ2v) is 20.6. The molecule has 6 aromatic carbocycles. The third-order valence-corrected chi connectivity index (χ3v) is 14.5. The standard InChI is InChI=1S/C31H27F9O2.C28H26F6O2.C3H2ClF3.Na.H/c1-2-3-18-4-6-19(7-5-18)20-8-10-21(11-9-20)22-14-24(32)28(25(33)15-22)31(39,40)42-23-16-26(34)29(27(35)17-23)41-13-12-30(36,37)38;1-2-3-16-4-6-17(7-5-16)18-8-10-19(11-9-18)20-12-22(29)26(23(30)13-20)28(33,34)36-21-14-24(31)27(35)25(32)15-21;4-2-1-3(5,6)7;;/h8-19H,2-7H2,1H3;8-17,35H,2-7H2,1H3;1-2H;;/q;;;+1;-1/b13-12+;;2-1+;;. The van der Waals surface area contributed by atoms with Crippen molar-refractivity contribution in [2.45, 2.75) is 127 Å². The molecule has 6 aromatic rings. The molecule has 4 nitrogen and oxygen atoms in total. The molecule has 0 radical (unpaired) electrons. The van der Waals surface area contributed by atoms with E-state index in [1.165, 1.54) is 32.1 Å². The molecule has 2 aliphatic rings. The van der Waals surface area contributed by atoms with Gasteiger partial charge in [0.1, 0.15) is 45.9 Å². The molecule has 0 bridgehead atoms. The van der Waals surface area contributed by atoms with Crippen molar-refractivity contribution in [3.8, 4) is 45.3 Å². The van der Waals surface area contributed by atoms with Gasteiger partial charge in [0.25, 0.3) is 0 Å². The summed E-state index contributed by atoms with van der Waals surface area (Å²) in [5, 5.41) is 9.08. The van der Waals surface area contributed by atoms with Gasteiger partial charge in [0, 0.05) is 35.9 Å². The number of allylic oxidation sites excluding steroid dienone is 2. The summed E-state index contributed by atoms with van der Waals surface area (Å²) in [6, 6.07) is 18.1. The predicted molar refractivity (Wildman–Crippen MR) is 284 cm³/mol. The average molecular weight is 1270 g/mol. The molecule has 462 valence electrons. The molecule has 24 heteroatoms. The van der Waals surface area contributed by atoms with Crippen LogP contribution in [0.5, 0.6) is 23.0 Å². The third-order valence-electron chi connectivity index (χ3n) is 14.3. The number of halogens is 19. The van der Waals surface area contributed by atoms with Gasteiger partial charge in [-0.05, 0) is 133 Å². The van der Waals surface area contributed by atoms with Crippen LogP contribution in [0.4, 0.5) is 79.0 Å². The van der Waals surface area contributed by atoms with Crippen molar-refractivity contribution in [1.82, 2.24) is 0 Å². The van der Waals surface area contributed by atoms with Crippen molar-refractivity contribution in [2.75, 3.05) is 0 Å². The van der Waals surface area contributed by atoms with E-state index in [0.717, 1.165) is 80.0 Å². The Labute approximate surface area is 512 Å². The summed E-state index contributed by atoms with van der Waals surface area (Å²) in [6.07, 6.45) is -5.22. The van der Waals surface area contributed by atoms with Gasteiger partial charge in [-0.3, -0.25) is 0 Å². The molecule has 2 aliphatic carbocycles. The number of hydrogen-bond acceptors (Lipinski definition) is 4. The summed E-state index contributed by atoms with van der Waals surface area (Å²) in [6.45, 7) is 4.36. The molecule has 1 N–H and O–H groups in total. The molecule has 8 rings (SSSR count). The summed E-state index contributed by atoms with van der Waals surface area (Å²) in [7, 11) is 0. The number of phenolic OH excluding ortho intramolecular Hbond substituents is 1. The fourth-order valence-corrected chi connectivity index (χ4v) is 10.4. The minimum absolute atomic E-state index is 0. The molecule has 2 fully saturated rings. The van der Waals surface area contributed by atoms with E-state index in [4.69, 9.17) is 5.11 Å². The van der Waals surface area contributed by atoms with Gasteiger partial charge in [0.05, 0.1) is 12.3 Å². The molecule has 0 atom stereocenters. The molecule has 0 saturated heterocycles. The number of alkyl halides is 10. The van der Waals surface area contributed by atoms with Crippen molar-refractivity contribution < 1.29 is 129 Å². The number of hydrogen-bond donors (Lipinski definition) is 1. The van der Waals surface area contributed by atoms with Gasteiger partial charge in [0.15, 0.2) is 34.8 Å². The monoisotopic (exact) mass is 1260 g/mol. The Morgan fingerprint density at radius 1 is 0.465 bits per heavy atom. The zero-order valence-electron chi connectivity index (χ0n) is 47.2. The molecule has 0 amide bonds. The SMILES string of the molecule is CCCC1CCC(c2ccc(-c3cc(F)c(C(F)(F)Oc4cc(F)c(O)c(F)c4)c(F)c3)cc2)CC1.CCCC1CCC(c2ccc(-c3cc(F)c(C(F)(F)Oc4cc(F)c(O/C=C/C(F)(F)F)c(F)c4)c(F)c3)cc2)CC1.FC(F)(F)/C=C/Cl.[H-].[Na+]. The van der Waals surface area contributed by atoms with Gasteiger partial charge in [0.2, 0.25) is 0 Å². The predicted octanol–water partition coefficient (Wildman–Crippen LogP) is 18.8. The number of ether oxygens (including phenoxy) is 3. The van der Waals surface area contributed by atoms with Crippen LogP contribution in [0.25, 0.3) is 22.3 Å². The maximum Gasteiger partial charge on any atom is 1.00 e. The second-order valence-electron chi connectivity index (χ2n) is 20.4. The van der Waals surface area contributed by atoms with Crippen LogP contribution in [0, 0.1) is 58.4 Å². The molecular weight excluding hydrogens is 1210 g/mol. The van der Waals surface area contributed by atoms with Crippen LogP contribution in [0.1, 0.15) is 126 Å². The van der Waals surface area contributed by atoms with Crippen LogP contribution in [-0.2, 0) is 12.2 Å². The first-order valence-corrected chi connectivity index (χ1v) is 27.1. The Morgan fingerprint density at radius 2 is 0.791 bits per heavy atom. The second kappa shape index (κ2) is 30.8. The summed E-state index contributed by atoms with van der Waals surface area (Å²) in [5.74, 6) is -15.6. The number of rotatable bonds is 16. The molecule has 2 saturated carbocycles. The van der Waals surface area contributed by atoms with Gasteiger partial charge in [-0.25, -0.2) is 35.1 Å². The average Bonchev–Trinajstić information content (AvgIpc) is 1.07. The summed E-state index contributed by atoms with van der Waals surface area (Å²) < 4.78 is 255. The molecular formula is C62H56ClF18NaO4. The minimum Gasteiger partial charge on any atom is -1.00 e. The van der Waals surface area contributed by atoms with Crippen LogP contribution in [0.3, 0.4) is 0 Å². The minimum atomic E-state index is -4.83. The number of benzene rings is 6. The van der Waals surface area contributed by atoms with E-state index in [1.54, 1.807) is 24.3 Å². The van der Waals surface area contributed by atoms with E-state index in [1.807, 2.05) is 24.3 Å². The first kappa shape index (κ1) is 70.8. The molecule has 0 aromatic heterocycles. The van der Waals surface area contributed by atoms with Crippen LogP contribution >= 0.6 is 11.6 Å². The fraction of sp³-hybridized carbons (Fsp3) is 0.355. The van der Waals surface area contributed by atoms with Crippen molar-refractivity contribution in [2.24, 2.45) is 11.8 Å². The van der Waals surface area contributed by atoms with Crippen LogP contribution in [0.15, 0.2) is 121 Å². The fourth-order valence-electron chi connectivity index (χ4n) is 10.3. The van der Waals surface area contributed by atoms with E-state index in [2.05, 4.69) is 39.7 Å². The summed E-state index contributed by atoms with van der Waals surface area (Å²) in [4.78, 5) is 0. The normalized spacial score (nSPS) is 17.5. The van der Waals surface area contributed by atoms with Crippen LogP contribution in [0.2, 0.25) is 0 Å². The van der Waals surface area contributed by atoms with E-state index in [-0.39, 0.29) is 78.7 Å². The molecule has 0 spiro atoms. The zero-order valence-corrected chi connectivity index (χ0v) is 49.0. The van der Waals surface area contributed by atoms with E-state index in [0.29, 0.717) is 40.6 Å². The van der Waals surface area contributed by atoms with Gasteiger partial charge >= 0.3 is 54.1 Å². The van der Waals surface area contributed by atoms with E-state index < -0.39 is 111 Å². The maximum atomic E-state index is 14.9. The molecule has 0 heterocycles. The Bertz CT molecular complexity index is 3160. The van der Waals surface area contributed by atoms with Crippen molar-refractivity contribution in [3.05, 3.63) is 190 Å². The summed E-state index contributed by atoms with van der Waals surface area (Å²) in [5.41, 5.74) is 0.0818. The first-order valence-electron chi connectivity index (χ1n) is 26.7. The van der Waals surface area contributed by atoms with Gasteiger partial charge in [-0.2, -0.15) is 43.9 Å². The smallest absolute Gasteiger partial charge is 1.00 e. The number of aromatic hydroxyl groups is 1. The Balaban J connectivity index is 0.000000331. The quantitative estimate of drug-likeness (QED) is 0.0596. The van der Waals surface area contributed by atoms with Gasteiger partial charge in [-0.1, -0.05) is 99.7 Å².